The molecule has 3 aliphatic rings. The largest absolute Gasteiger partial charge is 0.341 e. The Morgan fingerprint density at radius 3 is 2.14 bits per heavy atom. The molecule has 5 nitrogen and oxygen atoms in total. The average molecular weight is 418 g/mol. The van der Waals surface area contributed by atoms with E-state index in [9.17, 15) is 9.59 Å². The van der Waals surface area contributed by atoms with Gasteiger partial charge in [-0.25, -0.2) is 0 Å². The molecule has 2 saturated heterocycles. The first-order valence-corrected chi connectivity index (χ1v) is 11.6. The van der Waals surface area contributed by atoms with Crippen molar-refractivity contribution in [1.82, 2.24) is 14.7 Å². The standard InChI is InChI=1S/C23H32ClN3O2/c24-20-11-5-4-10-19(20)22(28)27-16-14-25(15-17-27)21(18-8-2-3-9-18)23(29)26-12-6-1-7-13-26/h4-5,10-11,18,21H,1-3,6-9,12-17H2. The number of benzene rings is 1. The molecule has 1 unspecified atom stereocenters. The molecule has 0 radical (unpaired) electrons. The molecule has 1 aromatic carbocycles. The lowest BCUT2D eigenvalue weighted by Crippen LogP contribution is -2.59. The van der Waals surface area contributed by atoms with Crippen molar-refractivity contribution in [3.8, 4) is 0 Å². The monoisotopic (exact) mass is 417 g/mol. The normalized spacial score (nSPS) is 22.7. The van der Waals surface area contributed by atoms with Gasteiger partial charge in [-0.3, -0.25) is 14.5 Å². The average Bonchev–Trinajstić information content (AvgIpc) is 3.29. The molecule has 3 fully saturated rings. The van der Waals surface area contributed by atoms with Crippen molar-refractivity contribution >= 4 is 23.4 Å². The molecule has 0 spiro atoms. The van der Waals surface area contributed by atoms with Crippen LogP contribution in [0.25, 0.3) is 0 Å². The summed E-state index contributed by atoms with van der Waals surface area (Å²) in [4.78, 5) is 32.7. The van der Waals surface area contributed by atoms with Crippen molar-refractivity contribution in [3.05, 3.63) is 34.9 Å². The van der Waals surface area contributed by atoms with Gasteiger partial charge in [0.05, 0.1) is 16.6 Å². The van der Waals surface area contributed by atoms with Gasteiger partial charge in [-0.1, -0.05) is 36.6 Å². The number of halogens is 1. The van der Waals surface area contributed by atoms with Gasteiger partial charge in [0.15, 0.2) is 0 Å². The van der Waals surface area contributed by atoms with Gasteiger partial charge in [0.25, 0.3) is 5.91 Å². The third-order valence-corrected chi connectivity index (χ3v) is 7.20. The highest BCUT2D eigenvalue weighted by Crippen LogP contribution is 2.32. The first kappa shape index (κ1) is 20.7. The Kier molecular flexibility index (Phi) is 6.76. The maximum absolute atomic E-state index is 13.5. The third-order valence-electron chi connectivity index (χ3n) is 6.87. The number of nitrogens with zero attached hydrogens (tertiary/aromatic N) is 3. The quantitative estimate of drug-likeness (QED) is 0.750. The zero-order valence-corrected chi connectivity index (χ0v) is 17.9. The first-order valence-electron chi connectivity index (χ1n) is 11.2. The summed E-state index contributed by atoms with van der Waals surface area (Å²) in [6.07, 6.45) is 8.28. The molecule has 1 atom stereocenters. The minimum absolute atomic E-state index is 0.00461. The van der Waals surface area contributed by atoms with Gasteiger partial charge in [0, 0.05) is 39.3 Å². The molecule has 1 aliphatic carbocycles. The lowest BCUT2D eigenvalue weighted by molar-refractivity contribution is -0.140. The molecule has 158 valence electrons. The van der Waals surface area contributed by atoms with Gasteiger partial charge in [-0.15, -0.1) is 0 Å². The van der Waals surface area contributed by atoms with Crippen molar-refractivity contribution in [2.24, 2.45) is 5.92 Å². The maximum Gasteiger partial charge on any atom is 0.255 e. The van der Waals surface area contributed by atoms with E-state index in [2.05, 4.69) is 9.80 Å². The van der Waals surface area contributed by atoms with E-state index in [0.717, 1.165) is 51.9 Å². The summed E-state index contributed by atoms with van der Waals surface area (Å²) < 4.78 is 0. The molecular formula is C23H32ClN3O2. The third kappa shape index (κ3) is 4.61. The van der Waals surface area contributed by atoms with Crippen LogP contribution >= 0.6 is 11.6 Å². The second-order valence-corrected chi connectivity index (χ2v) is 9.09. The van der Waals surface area contributed by atoms with E-state index < -0.39 is 0 Å². The molecule has 0 N–H and O–H groups in total. The SMILES string of the molecule is O=C(c1ccccc1Cl)N1CCN(C(C(=O)N2CCCCC2)C2CCCC2)CC1. The topological polar surface area (TPSA) is 43.9 Å². The lowest BCUT2D eigenvalue weighted by Gasteiger charge is -2.43. The minimum atomic E-state index is -0.00633. The van der Waals surface area contributed by atoms with Crippen LogP contribution in [0.15, 0.2) is 24.3 Å². The number of hydrogen-bond acceptors (Lipinski definition) is 3. The van der Waals surface area contributed by atoms with E-state index >= 15 is 0 Å². The number of likely N-dealkylation sites (tertiary alicyclic amines) is 1. The molecule has 1 aromatic rings. The summed E-state index contributed by atoms with van der Waals surface area (Å²) in [6.45, 7) is 4.65. The Hall–Kier alpha value is -1.59. The van der Waals surface area contributed by atoms with Gasteiger partial charge in [-0.2, -0.15) is 0 Å². The molecule has 2 amide bonds. The summed E-state index contributed by atoms with van der Waals surface area (Å²) in [5.41, 5.74) is 0.569. The van der Waals surface area contributed by atoms with Crippen molar-refractivity contribution in [2.45, 2.75) is 51.0 Å². The number of hydrogen-bond donors (Lipinski definition) is 0. The highest BCUT2D eigenvalue weighted by Gasteiger charge is 2.39. The zero-order chi connectivity index (χ0) is 20.2. The Morgan fingerprint density at radius 1 is 0.828 bits per heavy atom. The van der Waals surface area contributed by atoms with E-state index in [1.807, 2.05) is 17.0 Å². The molecule has 4 rings (SSSR count). The van der Waals surface area contributed by atoms with Crippen molar-refractivity contribution < 1.29 is 9.59 Å². The molecule has 2 aliphatic heterocycles. The second kappa shape index (κ2) is 9.48. The lowest BCUT2D eigenvalue weighted by atomic mass is 9.93. The van der Waals surface area contributed by atoms with Crippen molar-refractivity contribution in [3.63, 3.8) is 0 Å². The summed E-state index contributed by atoms with van der Waals surface area (Å²) in [5.74, 6) is 0.799. The number of rotatable bonds is 4. The number of carbonyl (C=O) groups excluding carboxylic acids is 2. The molecule has 0 bridgehead atoms. The van der Waals surface area contributed by atoms with Crippen LogP contribution in [0.1, 0.15) is 55.3 Å². The molecule has 6 heteroatoms. The number of piperidine rings is 1. The van der Waals surface area contributed by atoms with E-state index in [0.29, 0.717) is 35.5 Å². The van der Waals surface area contributed by atoms with E-state index in [4.69, 9.17) is 11.6 Å². The van der Waals surface area contributed by atoms with Crippen LogP contribution in [-0.4, -0.2) is 71.8 Å². The molecule has 1 saturated carbocycles. The summed E-state index contributed by atoms with van der Waals surface area (Å²) >= 11 is 6.22. The molecule has 2 heterocycles. The van der Waals surface area contributed by atoms with E-state index in [-0.39, 0.29) is 11.9 Å². The Bertz CT molecular complexity index is 721. The number of carbonyl (C=O) groups is 2. The summed E-state index contributed by atoms with van der Waals surface area (Å²) in [7, 11) is 0. The highest BCUT2D eigenvalue weighted by molar-refractivity contribution is 6.33. The Morgan fingerprint density at radius 2 is 1.48 bits per heavy atom. The Balaban J connectivity index is 1.43. The van der Waals surface area contributed by atoms with Crippen LogP contribution in [0.4, 0.5) is 0 Å². The minimum Gasteiger partial charge on any atom is -0.341 e. The predicted octanol–water partition coefficient (Wildman–Crippen LogP) is 3.67. The smallest absolute Gasteiger partial charge is 0.255 e. The van der Waals surface area contributed by atoms with Gasteiger partial charge in [0.2, 0.25) is 5.91 Å². The van der Waals surface area contributed by atoms with Crippen LogP contribution < -0.4 is 0 Å². The number of amides is 2. The van der Waals surface area contributed by atoms with E-state index in [1.54, 1.807) is 12.1 Å². The summed E-state index contributed by atoms with van der Waals surface area (Å²) in [6, 6.07) is 7.24. The van der Waals surface area contributed by atoms with Crippen LogP contribution in [0, 0.1) is 5.92 Å². The Labute approximate surface area is 179 Å². The van der Waals surface area contributed by atoms with Crippen LogP contribution in [-0.2, 0) is 4.79 Å². The fourth-order valence-electron chi connectivity index (χ4n) is 5.24. The van der Waals surface area contributed by atoms with Gasteiger partial charge >= 0.3 is 0 Å². The maximum atomic E-state index is 13.5. The number of piperazine rings is 1. The molecule has 29 heavy (non-hydrogen) atoms. The predicted molar refractivity (Wildman–Crippen MR) is 115 cm³/mol. The van der Waals surface area contributed by atoms with Crippen LogP contribution in [0.5, 0.6) is 0 Å². The zero-order valence-electron chi connectivity index (χ0n) is 17.2. The van der Waals surface area contributed by atoms with Crippen LogP contribution in [0.3, 0.4) is 0 Å². The molecular weight excluding hydrogens is 386 g/mol. The van der Waals surface area contributed by atoms with Crippen molar-refractivity contribution in [1.29, 1.82) is 0 Å². The summed E-state index contributed by atoms with van der Waals surface area (Å²) in [5, 5.41) is 0.504. The van der Waals surface area contributed by atoms with Crippen molar-refractivity contribution in [2.75, 3.05) is 39.3 Å². The fraction of sp³-hybridized carbons (Fsp3) is 0.652. The van der Waals surface area contributed by atoms with Gasteiger partial charge in [0.1, 0.15) is 0 Å². The molecule has 0 aromatic heterocycles. The van der Waals surface area contributed by atoms with Gasteiger partial charge < -0.3 is 9.80 Å². The van der Waals surface area contributed by atoms with Crippen LogP contribution in [0.2, 0.25) is 5.02 Å². The second-order valence-electron chi connectivity index (χ2n) is 8.68. The van der Waals surface area contributed by atoms with E-state index in [1.165, 1.54) is 19.3 Å². The van der Waals surface area contributed by atoms with Gasteiger partial charge in [-0.05, 0) is 50.2 Å². The fourth-order valence-corrected chi connectivity index (χ4v) is 5.46. The first-order chi connectivity index (χ1) is 14.1. The highest BCUT2D eigenvalue weighted by atomic mass is 35.5.